The van der Waals surface area contributed by atoms with Crippen LogP contribution in [0.2, 0.25) is 0 Å². The summed E-state index contributed by atoms with van der Waals surface area (Å²) < 4.78 is 38.2. The van der Waals surface area contributed by atoms with Crippen LogP contribution in [0.4, 0.5) is 13.2 Å². The van der Waals surface area contributed by atoms with E-state index < -0.39 is 11.7 Å². The molecule has 2 aliphatic rings. The minimum Gasteiger partial charge on any atom is -0.307 e. The van der Waals surface area contributed by atoms with E-state index in [2.05, 4.69) is 5.32 Å². The van der Waals surface area contributed by atoms with E-state index in [1.54, 1.807) is 6.07 Å². The number of hydrogen-bond acceptors (Lipinski definition) is 1. The highest BCUT2D eigenvalue weighted by atomic mass is 19.4. The maximum atomic E-state index is 12.7. The third-order valence-corrected chi connectivity index (χ3v) is 4.42. The van der Waals surface area contributed by atoms with Crippen molar-refractivity contribution in [2.75, 3.05) is 0 Å². The van der Waals surface area contributed by atoms with Crippen molar-refractivity contribution in [3.63, 3.8) is 0 Å². The fraction of sp³-hybridized carbons (Fsp3) is 0.625. The van der Waals surface area contributed by atoms with Crippen molar-refractivity contribution in [3.8, 4) is 0 Å². The van der Waals surface area contributed by atoms with E-state index in [-0.39, 0.29) is 6.04 Å². The molecule has 0 saturated heterocycles. The summed E-state index contributed by atoms with van der Waals surface area (Å²) in [6.45, 7) is 1.97. The molecule has 1 aromatic rings. The van der Waals surface area contributed by atoms with Crippen molar-refractivity contribution in [1.82, 2.24) is 5.32 Å². The summed E-state index contributed by atoms with van der Waals surface area (Å²) in [6.07, 6.45) is 0.808. The Morgan fingerprint density at radius 2 is 1.70 bits per heavy atom. The minimum absolute atomic E-state index is 0.0245. The number of hydrogen-bond donors (Lipinski definition) is 1. The Morgan fingerprint density at radius 3 is 2.20 bits per heavy atom. The van der Waals surface area contributed by atoms with E-state index in [4.69, 9.17) is 0 Å². The summed E-state index contributed by atoms with van der Waals surface area (Å²) in [7, 11) is 0. The quantitative estimate of drug-likeness (QED) is 0.836. The Kier molecular flexibility index (Phi) is 3.53. The molecule has 1 nitrogen and oxygen atoms in total. The molecule has 1 aromatic carbocycles. The van der Waals surface area contributed by atoms with Gasteiger partial charge in [-0.05, 0) is 62.1 Å². The first kappa shape index (κ1) is 13.9. The molecular weight excluding hydrogens is 263 g/mol. The number of benzene rings is 1. The number of rotatable bonds is 5. The lowest BCUT2D eigenvalue weighted by Gasteiger charge is -2.24. The Hall–Kier alpha value is -1.03. The molecule has 1 unspecified atom stereocenters. The van der Waals surface area contributed by atoms with E-state index >= 15 is 0 Å². The first-order valence-corrected chi connectivity index (χ1v) is 7.38. The standard InChI is InChI=1S/C16H20F3N/c1-10(20-15(11-5-6-11)12-7-8-12)13-3-2-4-14(9-13)16(17,18)19/h2-4,9-12,15,20H,5-8H2,1H3. The second-order valence-corrected chi connectivity index (χ2v) is 6.21. The molecule has 0 radical (unpaired) electrons. The van der Waals surface area contributed by atoms with Gasteiger partial charge in [-0.3, -0.25) is 0 Å². The monoisotopic (exact) mass is 283 g/mol. The summed E-state index contributed by atoms with van der Waals surface area (Å²) in [5.41, 5.74) is 0.171. The summed E-state index contributed by atoms with van der Waals surface area (Å²) in [5, 5.41) is 3.57. The zero-order chi connectivity index (χ0) is 14.3. The topological polar surface area (TPSA) is 12.0 Å². The van der Waals surface area contributed by atoms with Gasteiger partial charge in [0.05, 0.1) is 5.56 Å². The summed E-state index contributed by atoms with van der Waals surface area (Å²) in [4.78, 5) is 0. The first-order valence-electron chi connectivity index (χ1n) is 7.38. The van der Waals surface area contributed by atoms with Gasteiger partial charge in [-0.2, -0.15) is 13.2 Å². The van der Waals surface area contributed by atoms with Crippen LogP contribution in [0.15, 0.2) is 24.3 Å². The Balaban J connectivity index is 1.71. The van der Waals surface area contributed by atoms with Crippen LogP contribution < -0.4 is 5.32 Å². The smallest absolute Gasteiger partial charge is 0.307 e. The van der Waals surface area contributed by atoms with Gasteiger partial charge in [0, 0.05) is 12.1 Å². The Bertz CT molecular complexity index is 463. The molecular formula is C16H20F3N. The van der Waals surface area contributed by atoms with Crippen molar-refractivity contribution < 1.29 is 13.2 Å². The molecule has 2 fully saturated rings. The van der Waals surface area contributed by atoms with Crippen molar-refractivity contribution >= 4 is 0 Å². The molecule has 3 rings (SSSR count). The van der Waals surface area contributed by atoms with Gasteiger partial charge >= 0.3 is 6.18 Å². The van der Waals surface area contributed by atoms with Gasteiger partial charge in [-0.25, -0.2) is 0 Å². The van der Waals surface area contributed by atoms with Crippen LogP contribution in [0.3, 0.4) is 0 Å². The van der Waals surface area contributed by atoms with Crippen molar-refractivity contribution in [2.45, 2.75) is 50.9 Å². The largest absolute Gasteiger partial charge is 0.416 e. The van der Waals surface area contributed by atoms with E-state index in [0.717, 1.165) is 23.5 Å². The lowest BCUT2D eigenvalue weighted by atomic mass is 10.0. The highest BCUT2D eigenvalue weighted by Crippen LogP contribution is 2.45. The van der Waals surface area contributed by atoms with Crippen LogP contribution in [0, 0.1) is 11.8 Å². The SMILES string of the molecule is CC(NC(C1CC1)C1CC1)c1cccc(C(F)(F)F)c1. The molecule has 0 amide bonds. The molecule has 0 aromatic heterocycles. The fourth-order valence-electron chi connectivity index (χ4n) is 2.94. The van der Waals surface area contributed by atoms with Crippen molar-refractivity contribution in [3.05, 3.63) is 35.4 Å². The zero-order valence-electron chi connectivity index (χ0n) is 11.6. The second kappa shape index (κ2) is 5.06. The number of nitrogens with one attached hydrogen (secondary N) is 1. The molecule has 0 bridgehead atoms. The average molecular weight is 283 g/mol. The third kappa shape index (κ3) is 3.17. The Labute approximate surface area is 117 Å². The van der Waals surface area contributed by atoms with Crippen LogP contribution in [0.5, 0.6) is 0 Å². The van der Waals surface area contributed by atoms with E-state index in [9.17, 15) is 13.2 Å². The van der Waals surface area contributed by atoms with Crippen LogP contribution in [-0.2, 0) is 6.18 Å². The highest BCUT2D eigenvalue weighted by molar-refractivity contribution is 5.28. The lowest BCUT2D eigenvalue weighted by Crippen LogP contribution is -2.35. The molecule has 20 heavy (non-hydrogen) atoms. The summed E-state index contributed by atoms with van der Waals surface area (Å²) in [6, 6.07) is 6.16. The van der Waals surface area contributed by atoms with Crippen molar-refractivity contribution in [2.24, 2.45) is 11.8 Å². The van der Waals surface area contributed by atoms with Gasteiger partial charge in [0.25, 0.3) is 0 Å². The van der Waals surface area contributed by atoms with Gasteiger partial charge in [0.2, 0.25) is 0 Å². The average Bonchev–Trinajstić information content (AvgIpc) is 3.28. The van der Waals surface area contributed by atoms with Gasteiger partial charge in [-0.1, -0.05) is 12.1 Å². The van der Waals surface area contributed by atoms with Gasteiger partial charge in [0.15, 0.2) is 0 Å². The van der Waals surface area contributed by atoms with E-state index in [1.807, 2.05) is 6.92 Å². The first-order chi connectivity index (χ1) is 9.45. The zero-order valence-corrected chi connectivity index (χ0v) is 11.6. The normalized spacial score (nSPS) is 21.2. The molecule has 0 aliphatic heterocycles. The molecule has 1 atom stereocenters. The minimum atomic E-state index is -4.26. The number of halogens is 3. The second-order valence-electron chi connectivity index (χ2n) is 6.21. The van der Waals surface area contributed by atoms with Crippen LogP contribution >= 0.6 is 0 Å². The molecule has 110 valence electrons. The molecule has 0 spiro atoms. The summed E-state index contributed by atoms with van der Waals surface area (Å²) in [5.74, 6) is 1.49. The summed E-state index contributed by atoms with van der Waals surface area (Å²) >= 11 is 0. The highest BCUT2D eigenvalue weighted by Gasteiger charge is 2.41. The van der Waals surface area contributed by atoms with Crippen LogP contribution in [0.25, 0.3) is 0 Å². The van der Waals surface area contributed by atoms with E-state index in [1.165, 1.54) is 37.8 Å². The molecule has 4 heteroatoms. The molecule has 1 N–H and O–H groups in total. The van der Waals surface area contributed by atoms with Crippen molar-refractivity contribution in [1.29, 1.82) is 0 Å². The maximum Gasteiger partial charge on any atom is 0.416 e. The molecule has 2 aliphatic carbocycles. The van der Waals surface area contributed by atoms with Crippen LogP contribution in [-0.4, -0.2) is 6.04 Å². The Morgan fingerprint density at radius 1 is 1.10 bits per heavy atom. The maximum absolute atomic E-state index is 12.7. The lowest BCUT2D eigenvalue weighted by molar-refractivity contribution is -0.137. The van der Waals surface area contributed by atoms with Gasteiger partial charge in [-0.15, -0.1) is 0 Å². The molecule has 2 saturated carbocycles. The molecule has 0 heterocycles. The third-order valence-electron chi connectivity index (χ3n) is 4.42. The van der Waals surface area contributed by atoms with Gasteiger partial charge in [0.1, 0.15) is 0 Å². The van der Waals surface area contributed by atoms with Crippen LogP contribution in [0.1, 0.15) is 49.8 Å². The van der Waals surface area contributed by atoms with E-state index in [0.29, 0.717) is 6.04 Å². The number of alkyl halides is 3. The predicted molar refractivity (Wildman–Crippen MR) is 72.2 cm³/mol. The fourth-order valence-corrected chi connectivity index (χ4v) is 2.94. The predicted octanol–water partition coefficient (Wildman–Crippen LogP) is 4.54. The van der Waals surface area contributed by atoms with Gasteiger partial charge < -0.3 is 5.32 Å².